The van der Waals surface area contributed by atoms with E-state index >= 15 is 0 Å². The van der Waals surface area contributed by atoms with Gasteiger partial charge < -0.3 is 10.4 Å². The van der Waals surface area contributed by atoms with Crippen molar-refractivity contribution in [1.29, 1.82) is 0 Å². The lowest BCUT2D eigenvalue weighted by molar-refractivity contribution is -0.142. The molecule has 0 radical (unpaired) electrons. The Morgan fingerprint density at radius 2 is 2.39 bits per heavy atom. The predicted molar refractivity (Wildman–Crippen MR) is 71.7 cm³/mol. The topological polar surface area (TPSA) is 62.2 Å². The van der Waals surface area contributed by atoms with Gasteiger partial charge in [-0.2, -0.15) is 4.37 Å². The molecule has 98 valence electrons. The summed E-state index contributed by atoms with van der Waals surface area (Å²) >= 11 is 1.52. The molecule has 0 spiro atoms. The fraction of sp³-hybridized carbons (Fsp3) is 0.538. The van der Waals surface area contributed by atoms with Crippen LogP contribution in [0.15, 0.2) is 12.2 Å². The minimum Gasteiger partial charge on any atom is -0.481 e. The van der Waals surface area contributed by atoms with Gasteiger partial charge in [0.2, 0.25) is 0 Å². The minimum atomic E-state index is -0.698. The smallest absolute Gasteiger partial charge is 0.306 e. The van der Waals surface area contributed by atoms with Gasteiger partial charge in [-0.1, -0.05) is 12.2 Å². The number of allylic oxidation sites excluding steroid dienone is 1. The maximum absolute atomic E-state index is 11.0. The predicted octanol–water partition coefficient (Wildman–Crippen LogP) is 2.27. The van der Waals surface area contributed by atoms with Crippen molar-refractivity contribution in [2.24, 2.45) is 5.92 Å². The first-order valence-electron chi connectivity index (χ1n) is 6.12. The van der Waals surface area contributed by atoms with Crippen LogP contribution in [-0.4, -0.2) is 21.5 Å². The van der Waals surface area contributed by atoms with Crippen LogP contribution in [0.1, 0.15) is 29.0 Å². The van der Waals surface area contributed by atoms with Gasteiger partial charge in [0.05, 0.1) is 11.6 Å². The van der Waals surface area contributed by atoms with E-state index in [1.54, 1.807) is 0 Å². The molecular weight excluding hydrogens is 248 g/mol. The minimum absolute atomic E-state index is 0.151. The van der Waals surface area contributed by atoms with Gasteiger partial charge in [-0.05, 0) is 38.2 Å². The van der Waals surface area contributed by atoms with Gasteiger partial charge in [-0.15, -0.1) is 0 Å². The van der Waals surface area contributed by atoms with Crippen molar-refractivity contribution < 1.29 is 9.90 Å². The van der Waals surface area contributed by atoms with Crippen molar-refractivity contribution in [2.45, 2.75) is 39.3 Å². The van der Waals surface area contributed by atoms with E-state index in [2.05, 4.69) is 22.7 Å². The third-order valence-electron chi connectivity index (χ3n) is 3.40. The fourth-order valence-corrected chi connectivity index (χ4v) is 2.94. The third-order valence-corrected chi connectivity index (χ3v) is 4.28. The van der Waals surface area contributed by atoms with Gasteiger partial charge >= 0.3 is 5.97 Å². The highest BCUT2D eigenvalue weighted by Gasteiger charge is 2.23. The Labute approximate surface area is 111 Å². The second-order valence-electron chi connectivity index (χ2n) is 4.72. The largest absolute Gasteiger partial charge is 0.481 e. The molecule has 2 atom stereocenters. The van der Waals surface area contributed by atoms with Crippen molar-refractivity contribution in [1.82, 2.24) is 9.69 Å². The van der Waals surface area contributed by atoms with Crippen LogP contribution in [0.5, 0.6) is 0 Å². The number of aryl methyl sites for hydroxylation is 2. The highest BCUT2D eigenvalue weighted by atomic mass is 32.1. The van der Waals surface area contributed by atoms with Gasteiger partial charge in [0.15, 0.2) is 0 Å². The number of hydrogen-bond donors (Lipinski definition) is 2. The average Bonchev–Trinajstić information content (AvgIpc) is 2.67. The number of carbonyl (C=O) groups is 1. The molecule has 5 heteroatoms. The average molecular weight is 266 g/mol. The summed E-state index contributed by atoms with van der Waals surface area (Å²) in [5, 5.41) is 12.4. The Bertz CT molecular complexity index is 448. The quantitative estimate of drug-likeness (QED) is 0.821. The standard InChI is InChI=1S/C13H18N2O2S/c1-8-12(9(2)18-15-8)7-14-11-5-3-4-10(6-11)13(16)17/h3,5,10-11,14H,4,6-7H2,1-2H3,(H,16,17)/t10-,11-/m0/s1. The first-order chi connectivity index (χ1) is 8.58. The second kappa shape index (κ2) is 5.63. The number of aromatic nitrogens is 1. The molecule has 2 N–H and O–H groups in total. The molecule has 1 aliphatic carbocycles. The second-order valence-corrected chi connectivity index (χ2v) is 5.70. The first kappa shape index (κ1) is 13.2. The molecule has 0 bridgehead atoms. The highest BCUT2D eigenvalue weighted by Crippen LogP contribution is 2.21. The maximum atomic E-state index is 11.0. The molecule has 2 rings (SSSR count). The van der Waals surface area contributed by atoms with Crippen LogP contribution in [0.2, 0.25) is 0 Å². The number of aliphatic carboxylic acids is 1. The van der Waals surface area contributed by atoms with Crippen molar-refractivity contribution in [3.63, 3.8) is 0 Å². The van der Waals surface area contributed by atoms with E-state index in [9.17, 15) is 4.79 Å². The zero-order valence-electron chi connectivity index (χ0n) is 10.6. The molecule has 1 aromatic heterocycles. The Morgan fingerprint density at radius 3 is 3.00 bits per heavy atom. The number of hydrogen-bond acceptors (Lipinski definition) is 4. The fourth-order valence-electron chi connectivity index (χ4n) is 2.23. The van der Waals surface area contributed by atoms with Gasteiger partial charge in [0, 0.05) is 23.0 Å². The van der Waals surface area contributed by atoms with Gasteiger partial charge in [0.25, 0.3) is 0 Å². The molecule has 0 saturated carbocycles. The van der Waals surface area contributed by atoms with Crippen LogP contribution in [-0.2, 0) is 11.3 Å². The molecule has 0 saturated heterocycles. The van der Waals surface area contributed by atoms with Gasteiger partial charge in [-0.3, -0.25) is 4.79 Å². The summed E-state index contributed by atoms with van der Waals surface area (Å²) in [6, 6.07) is 0.151. The molecule has 0 aromatic carbocycles. The number of rotatable bonds is 4. The number of nitrogens with one attached hydrogen (secondary N) is 1. The van der Waals surface area contributed by atoms with Crippen molar-refractivity contribution in [3.05, 3.63) is 28.3 Å². The van der Waals surface area contributed by atoms with Crippen LogP contribution in [0.3, 0.4) is 0 Å². The zero-order valence-corrected chi connectivity index (χ0v) is 11.5. The summed E-state index contributed by atoms with van der Waals surface area (Å²) in [6.07, 6.45) is 5.35. The molecule has 4 nitrogen and oxygen atoms in total. The zero-order chi connectivity index (χ0) is 13.1. The van der Waals surface area contributed by atoms with Crippen molar-refractivity contribution in [3.8, 4) is 0 Å². The van der Waals surface area contributed by atoms with E-state index < -0.39 is 5.97 Å². The van der Waals surface area contributed by atoms with Crippen molar-refractivity contribution in [2.75, 3.05) is 0 Å². The van der Waals surface area contributed by atoms with Crippen LogP contribution < -0.4 is 5.32 Å². The Morgan fingerprint density at radius 1 is 1.61 bits per heavy atom. The molecule has 0 unspecified atom stereocenters. The molecule has 0 aliphatic heterocycles. The summed E-state index contributed by atoms with van der Waals surface area (Å²) in [6.45, 7) is 4.84. The normalized spacial score (nSPS) is 23.2. The summed E-state index contributed by atoms with van der Waals surface area (Å²) in [5.74, 6) is -0.953. The molecule has 1 aromatic rings. The van der Waals surface area contributed by atoms with E-state index in [4.69, 9.17) is 5.11 Å². The van der Waals surface area contributed by atoms with E-state index in [1.807, 2.05) is 13.0 Å². The van der Waals surface area contributed by atoms with E-state index in [0.29, 0.717) is 12.8 Å². The number of nitrogens with zero attached hydrogens (tertiary/aromatic N) is 1. The third kappa shape index (κ3) is 2.97. The molecule has 1 aliphatic rings. The molecule has 18 heavy (non-hydrogen) atoms. The lowest BCUT2D eigenvalue weighted by Gasteiger charge is -2.23. The number of carboxylic acids is 1. The SMILES string of the molecule is Cc1nsc(C)c1CN[C@H]1C=CC[C@H](C(=O)O)C1. The molecule has 0 amide bonds. The Balaban J connectivity index is 1.93. The van der Waals surface area contributed by atoms with Crippen LogP contribution >= 0.6 is 11.5 Å². The lowest BCUT2D eigenvalue weighted by atomic mass is 9.91. The summed E-state index contributed by atoms with van der Waals surface area (Å²) < 4.78 is 4.31. The highest BCUT2D eigenvalue weighted by molar-refractivity contribution is 7.05. The Hall–Kier alpha value is -1.20. The van der Waals surface area contributed by atoms with Crippen LogP contribution in [0.25, 0.3) is 0 Å². The molecule has 0 fully saturated rings. The number of carboxylic acid groups (broad SMARTS) is 1. The van der Waals surface area contributed by atoms with E-state index in [0.717, 1.165) is 12.2 Å². The summed E-state index contributed by atoms with van der Waals surface area (Å²) in [5.41, 5.74) is 2.31. The van der Waals surface area contributed by atoms with Gasteiger partial charge in [0.1, 0.15) is 0 Å². The first-order valence-corrected chi connectivity index (χ1v) is 6.90. The monoisotopic (exact) mass is 266 g/mol. The maximum Gasteiger partial charge on any atom is 0.306 e. The van der Waals surface area contributed by atoms with Crippen LogP contribution in [0.4, 0.5) is 0 Å². The summed E-state index contributed by atoms with van der Waals surface area (Å²) in [4.78, 5) is 12.2. The van der Waals surface area contributed by atoms with E-state index in [-0.39, 0.29) is 12.0 Å². The Kier molecular flexibility index (Phi) is 4.14. The molecule has 1 heterocycles. The van der Waals surface area contributed by atoms with Gasteiger partial charge in [-0.25, -0.2) is 0 Å². The summed E-state index contributed by atoms with van der Waals surface area (Å²) in [7, 11) is 0. The lowest BCUT2D eigenvalue weighted by Crippen LogP contribution is -2.33. The van der Waals surface area contributed by atoms with E-state index in [1.165, 1.54) is 22.0 Å². The molecular formula is C13H18N2O2S. The van der Waals surface area contributed by atoms with Crippen molar-refractivity contribution >= 4 is 17.5 Å². The van der Waals surface area contributed by atoms with Crippen LogP contribution in [0, 0.1) is 19.8 Å².